The lowest BCUT2D eigenvalue weighted by Crippen LogP contribution is -2.16. The van der Waals surface area contributed by atoms with E-state index in [0.29, 0.717) is 29.5 Å². The summed E-state index contributed by atoms with van der Waals surface area (Å²) in [5.74, 6) is 3.14. The van der Waals surface area contributed by atoms with Crippen LogP contribution in [0.5, 0.6) is 5.88 Å². The lowest BCUT2D eigenvalue weighted by molar-refractivity contribution is 0.323. The molecule has 1 aromatic carbocycles. The Kier molecular flexibility index (Phi) is 6.40. The third-order valence-corrected chi connectivity index (χ3v) is 6.94. The van der Waals surface area contributed by atoms with Crippen LogP contribution in [0.4, 0.5) is 18.9 Å². The number of hydrogen-bond donors (Lipinski definition) is 2. The molecule has 2 atom stereocenters. The normalized spacial score (nSPS) is 17.4. The first-order valence-electron chi connectivity index (χ1n) is 10.9. The number of sulfonamides is 1. The molecule has 0 spiro atoms. The molecule has 2 unspecified atom stereocenters. The van der Waals surface area contributed by atoms with E-state index < -0.39 is 38.6 Å². The highest BCUT2D eigenvalue weighted by molar-refractivity contribution is 7.92. The smallest absolute Gasteiger partial charge is 0.264 e. The van der Waals surface area contributed by atoms with Crippen LogP contribution in [-0.4, -0.2) is 59.6 Å². The molecular formula is C23H18F3N7O3S. The zero-order chi connectivity index (χ0) is 26.2. The van der Waals surface area contributed by atoms with E-state index in [1.807, 2.05) is 0 Å². The van der Waals surface area contributed by atoms with Crippen LogP contribution >= 0.6 is 0 Å². The van der Waals surface area contributed by atoms with Crippen LogP contribution < -0.4 is 14.8 Å². The van der Waals surface area contributed by atoms with Gasteiger partial charge in [0, 0.05) is 30.9 Å². The van der Waals surface area contributed by atoms with Crippen molar-refractivity contribution in [2.75, 3.05) is 24.9 Å². The minimum atomic E-state index is -4.46. The number of benzene rings is 1. The number of halogens is 3. The fourth-order valence-corrected chi connectivity index (χ4v) is 4.80. The average molecular weight is 530 g/mol. The van der Waals surface area contributed by atoms with Gasteiger partial charge in [0.15, 0.2) is 5.65 Å². The molecule has 37 heavy (non-hydrogen) atoms. The molecule has 3 aromatic heterocycles. The molecule has 2 N–H and O–H groups in total. The number of ether oxygens (including phenoxy) is 1. The Morgan fingerprint density at radius 2 is 2.00 bits per heavy atom. The zero-order valence-corrected chi connectivity index (χ0v) is 19.9. The van der Waals surface area contributed by atoms with Crippen molar-refractivity contribution in [2.45, 2.75) is 11.1 Å². The van der Waals surface area contributed by atoms with Crippen molar-refractivity contribution in [1.82, 2.24) is 30.1 Å². The Balaban J connectivity index is 1.50. The molecule has 0 aliphatic carbocycles. The van der Waals surface area contributed by atoms with Crippen molar-refractivity contribution in [3.8, 4) is 29.0 Å². The summed E-state index contributed by atoms with van der Waals surface area (Å²) < 4.78 is 75.6. The number of nitrogens with zero attached hydrogens (tertiary/aromatic N) is 5. The maximum Gasteiger partial charge on any atom is 0.264 e. The molecule has 4 aromatic rings. The highest BCUT2D eigenvalue weighted by atomic mass is 32.2. The van der Waals surface area contributed by atoms with Gasteiger partial charge in [-0.25, -0.2) is 26.6 Å². The molecule has 4 heterocycles. The molecule has 190 valence electrons. The third-order valence-electron chi connectivity index (χ3n) is 5.54. The largest absolute Gasteiger partial charge is 0.480 e. The van der Waals surface area contributed by atoms with Gasteiger partial charge >= 0.3 is 0 Å². The van der Waals surface area contributed by atoms with Crippen molar-refractivity contribution >= 4 is 21.4 Å². The number of anilines is 1. The maximum atomic E-state index is 14.1. The highest BCUT2D eigenvalue weighted by Crippen LogP contribution is 2.30. The van der Waals surface area contributed by atoms with E-state index in [1.165, 1.54) is 23.9 Å². The van der Waals surface area contributed by atoms with Crippen LogP contribution in [0.25, 0.3) is 16.9 Å². The number of hydrogen-bond acceptors (Lipinski definition) is 8. The summed E-state index contributed by atoms with van der Waals surface area (Å²) in [6.07, 6.45) is 0.322. The van der Waals surface area contributed by atoms with Gasteiger partial charge in [-0.15, -0.1) is 10.2 Å². The fourth-order valence-electron chi connectivity index (χ4n) is 3.69. The summed E-state index contributed by atoms with van der Waals surface area (Å²) in [7, 11) is -3.17. The zero-order valence-electron chi connectivity index (χ0n) is 19.1. The standard InChI is InChI=1S/C23H18F3N7O3S/c1-36-23-19(32-37(34,35)20-5-3-15(24)9-16(20)25)8-14(11-28-23)18-4-7-22-30-29-21(33(22)31-18)6-2-13-10-27-12-17(13)26/h3-5,7-9,11,13,17,27,32H,10,12H2,1H3. The molecule has 5 rings (SSSR count). The second-order valence-electron chi connectivity index (χ2n) is 8.02. The van der Waals surface area contributed by atoms with E-state index in [0.717, 1.165) is 12.1 Å². The van der Waals surface area contributed by atoms with Crippen LogP contribution in [0.2, 0.25) is 0 Å². The Labute approximate surface area is 208 Å². The molecule has 10 nitrogen and oxygen atoms in total. The van der Waals surface area contributed by atoms with Gasteiger partial charge in [0.2, 0.25) is 11.7 Å². The van der Waals surface area contributed by atoms with Crippen LogP contribution in [0, 0.1) is 29.4 Å². The van der Waals surface area contributed by atoms with E-state index in [1.54, 1.807) is 12.1 Å². The van der Waals surface area contributed by atoms with Gasteiger partial charge in [-0.2, -0.15) is 9.61 Å². The molecule has 0 radical (unpaired) electrons. The highest BCUT2D eigenvalue weighted by Gasteiger charge is 2.25. The van der Waals surface area contributed by atoms with Gasteiger partial charge in [-0.3, -0.25) is 4.72 Å². The number of alkyl halides is 1. The van der Waals surface area contributed by atoms with Crippen molar-refractivity contribution in [1.29, 1.82) is 0 Å². The van der Waals surface area contributed by atoms with Crippen LogP contribution in [0.3, 0.4) is 0 Å². The monoisotopic (exact) mass is 529 g/mol. The first-order valence-corrected chi connectivity index (χ1v) is 12.3. The van der Waals surface area contributed by atoms with E-state index in [4.69, 9.17) is 4.74 Å². The molecule has 1 aliphatic heterocycles. The molecule has 1 fully saturated rings. The van der Waals surface area contributed by atoms with Crippen molar-refractivity contribution in [3.05, 3.63) is 60.1 Å². The topological polar surface area (TPSA) is 123 Å². The molecular weight excluding hydrogens is 511 g/mol. The number of fused-ring (bicyclic) bond motifs is 1. The van der Waals surface area contributed by atoms with E-state index in [2.05, 4.69) is 42.2 Å². The Morgan fingerprint density at radius 1 is 1.16 bits per heavy atom. The summed E-state index contributed by atoms with van der Waals surface area (Å²) in [4.78, 5) is 3.37. The minimum absolute atomic E-state index is 0.0854. The number of rotatable bonds is 5. The summed E-state index contributed by atoms with van der Waals surface area (Å²) in [6, 6.07) is 6.74. The van der Waals surface area contributed by atoms with Gasteiger partial charge in [0.05, 0.1) is 18.7 Å². The molecule has 14 heteroatoms. The van der Waals surface area contributed by atoms with E-state index in [-0.39, 0.29) is 23.9 Å². The summed E-state index contributed by atoms with van der Waals surface area (Å²) >= 11 is 0. The van der Waals surface area contributed by atoms with Gasteiger partial charge in [0.1, 0.15) is 28.4 Å². The third kappa shape index (κ3) is 4.91. The number of aromatic nitrogens is 5. The van der Waals surface area contributed by atoms with Crippen molar-refractivity contribution in [3.63, 3.8) is 0 Å². The van der Waals surface area contributed by atoms with Crippen LogP contribution in [0.1, 0.15) is 5.82 Å². The molecule has 1 saturated heterocycles. The van der Waals surface area contributed by atoms with Crippen molar-refractivity contribution < 1.29 is 26.3 Å². The van der Waals surface area contributed by atoms with Crippen LogP contribution in [0.15, 0.2) is 47.5 Å². The SMILES string of the molecule is COc1ncc(-c2ccc3nnc(C#CC4CNCC4F)n3n2)cc1NS(=O)(=O)c1ccc(F)cc1F. The van der Waals surface area contributed by atoms with Crippen LogP contribution in [-0.2, 0) is 10.0 Å². The van der Waals surface area contributed by atoms with Gasteiger partial charge in [-0.1, -0.05) is 5.92 Å². The van der Waals surface area contributed by atoms with E-state index >= 15 is 0 Å². The average Bonchev–Trinajstić information content (AvgIpc) is 3.47. The number of methoxy groups -OCH3 is 1. The number of pyridine rings is 1. The first-order chi connectivity index (χ1) is 17.7. The second kappa shape index (κ2) is 9.68. The Bertz CT molecular complexity index is 1670. The van der Waals surface area contributed by atoms with Gasteiger partial charge in [-0.05, 0) is 36.3 Å². The molecule has 0 bridgehead atoms. The summed E-state index contributed by atoms with van der Waals surface area (Å²) in [6.45, 7) is 0.675. The minimum Gasteiger partial charge on any atom is -0.480 e. The Hall–Kier alpha value is -4.22. The first kappa shape index (κ1) is 24.5. The fraction of sp³-hybridized carbons (Fsp3) is 0.217. The van der Waals surface area contributed by atoms with E-state index in [9.17, 15) is 21.6 Å². The second-order valence-corrected chi connectivity index (χ2v) is 9.67. The summed E-state index contributed by atoms with van der Waals surface area (Å²) in [5.41, 5.74) is 1.02. The molecule has 0 saturated carbocycles. The van der Waals surface area contributed by atoms with Gasteiger partial charge in [0.25, 0.3) is 10.0 Å². The van der Waals surface area contributed by atoms with Crippen molar-refractivity contribution in [2.24, 2.45) is 5.92 Å². The predicted molar refractivity (Wildman–Crippen MR) is 126 cm³/mol. The lowest BCUT2D eigenvalue weighted by Gasteiger charge is -2.13. The number of nitrogens with one attached hydrogen (secondary N) is 2. The predicted octanol–water partition coefficient (Wildman–Crippen LogP) is 2.18. The molecule has 0 amide bonds. The Morgan fingerprint density at radius 3 is 2.73 bits per heavy atom. The van der Waals surface area contributed by atoms with Gasteiger partial charge < -0.3 is 10.1 Å². The quantitative estimate of drug-likeness (QED) is 0.377. The lowest BCUT2D eigenvalue weighted by atomic mass is 10.1. The molecule has 1 aliphatic rings. The maximum absolute atomic E-state index is 14.1. The summed E-state index contributed by atoms with van der Waals surface area (Å²) in [5, 5.41) is 15.4.